The third-order valence-electron chi connectivity index (χ3n) is 5.02. The van der Waals surface area contributed by atoms with Gasteiger partial charge in [-0.05, 0) is 38.9 Å². The van der Waals surface area contributed by atoms with E-state index in [1.165, 1.54) is 25.1 Å². The fraction of sp³-hybridized carbons (Fsp3) is 0.421. The van der Waals surface area contributed by atoms with Crippen molar-refractivity contribution in [3.05, 3.63) is 36.9 Å². The summed E-state index contributed by atoms with van der Waals surface area (Å²) in [4.78, 5) is 13.6. The molecule has 0 spiro atoms. The molecule has 136 valence electrons. The fourth-order valence-corrected chi connectivity index (χ4v) is 3.79. The van der Waals surface area contributed by atoms with Crippen LogP contribution in [-0.4, -0.2) is 58.2 Å². The van der Waals surface area contributed by atoms with Gasteiger partial charge in [0, 0.05) is 67.3 Å². The lowest BCUT2D eigenvalue weighted by atomic mass is 9.95. The van der Waals surface area contributed by atoms with Crippen molar-refractivity contribution < 1.29 is 0 Å². The van der Waals surface area contributed by atoms with Crippen molar-refractivity contribution in [3.8, 4) is 11.1 Å². The van der Waals surface area contributed by atoms with Crippen molar-refractivity contribution in [3.63, 3.8) is 0 Å². The van der Waals surface area contributed by atoms with Crippen molar-refractivity contribution in [1.29, 1.82) is 0 Å². The second-order valence-corrected chi connectivity index (χ2v) is 7.30. The molecule has 7 heteroatoms. The topological polar surface area (TPSA) is 75.6 Å². The zero-order valence-corrected chi connectivity index (χ0v) is 15.3. The highest BCUT2D eigenvalue weighted by molar-refractivity contribution is 5.77. The summed E-state index contributed by atoms with van der Waals surface area (Å²) in [6.07, 6.45) is 10.0. The average molecular weight is 351 g/mol. The first-order chi connectivity index (χ1) is 12.6. The first kappa shape index (κ1) is 16.8. The Morgan fingerprint density at radius 1 is 1.23 bits per heavy atom. The Hall–Kier alpha value is -2.67. The number of hydrogen-bond acceptors (Lipinski definition) is 6. The van der Waals surface area contributed by atoms with Gasteiger partial charge in [0.25, 0.3) is 0 Å². The van der Waals surface area contributed by atoms with Gasteiger partial charge in [-0.2, -0.15) is 0 Å². The van der Waals surface area contributed by atoms with Gasteiger partial charge in [0.15, 0.2) is 5.65 Å². The second kappa shape index (κ2) is 6.92. The van der Waals surface area contributed by atoms with E-state index < -0.39 is 0 Å². The Bertz CT molecular complexity index is 894. The number of rotatable bonds is 4. The highest BCUT2D eigenvalue weighted by Gasteiger charge is 2.22. The summed E-state index contributed by atoms with van der Waals surface area (Å²) in [5, 5.41) is 4.27. The van der Waals surface area contributed by atoms with Gasteiger partial charge >= 0.3 is 0 Å². The van der Waals surface area contributed by atoms with Crippen LogP contribution >= 0.6 is 0 Å². The molecule has 3 aromatic heterocycles. The molecule has 2 N–H and O–H groups in total. The summed E-state index contributed by atoms with van der Waals surface area (Å²) >= 11 is 0. The van der Waals surface area contributed by atoms with Crippen LogP contribution in [0.3, 0.4) is 0 Å². The first-order valence-electron chi connectivity index (χ1n) is 9.05. The van der Waals surface area contributed by atoms with Gasteiger partial charge in [0.2, 0.25) is 0 Å². The van der Waals surface area contributed by atoms with Gasteiger partial charge in [-0.3, -0.25) is 4.98 Å². The van der Waals surface area contributed by atoms with Crippen molar-refractivity contribution in [2.45, 2.75) is 12.8 Å². The second-order valence-electron chi connectivity index (χ2n) is 7.30. The van der Waals surface area contributed by atoms with Crippen LogP contribution in [-0.2, 0) is 0 Å². The van der Waals surface area contributed by atoms with Crippen LogP contribution in [0.15, 0.2) is 36.9 Å². The Morgan fingerprint density at radius 3 is 2.81 bits per heavy atom. The van der Waals surface area contributed by atoms with Gasteiger partial charge < -0.3 is 15.5 Å². The Morgan fingerprint density at radius 2 is 2.04 bits per heavy atom. The Labute approximate surface area is 153 Å². The maximum Gasteiger partial charge on any atom is 0.157 e. The zero-order valence-electron chi connectivity index (χ0n) is 15.3. The smallest absolute Gasteiger partial charge is 0.157 e. The Balaban J connectivity index is 1.60. The molecule has 1 fully saturated rings. The molecule has 0 aliphatic carbocycles. The number of hydrogen-bond donors (Lipinski definition) is 1. The summed E-state index contributed by atoms with van der Waals surface area (Å²) in [6, 6.07) is 3.87. The molecular formula is C19H25N7. The predicted molar refractivity (Wildman–Crippen MR) is 104 cm³/mol. The van der Waals surface area contributed by atoms with Gasteiger partial charge in [-0.15, -0.1) is 5.10 Å². The van der Waals surface area contributed by atoms with Gasteiger partial charge in [0.05, 0.1) is 0 Å². The fourth-order valence-electron chi connectivity index (χ4n) is 3.79. The van der Waals surface area contributed by atoms with Gasteiger partial charge in [-0.1, -0.05) is 0 Å². The molecule has 0 bridgehead atoms. The van der Waals surface area contributed by atoms with E-state index in [1.54, 1.807) is 10.6 Å². The first-order valence-corrected chi connectivity index (χ1v) is 9.05. The third kappa shape index (κ3) is 3.35. The maximum atomic E-state index is 5.78. The highest BCUT2D eigenvalue weighted by Crippen LogP contribution is 2.32. The molecule has 3 aromatic rings. The van der Waals surface area contributed by atoms with Crippen LogP contribution in [0.2, 0.25) is 0 Å². The number of nitrogen functional groups attached to an aromatic ring is 1. The minimum atomic E-state index is 0.476. The molecule has 4 rings (SSSR count). The molecular weight excluding hydrogens is 326 g/mol. The molecule has 1 saturated heterocycles. The third-order valence-corrected chi connectivity index (χ3v) is 5.02. The van der Waals surface area contributed by atoms with E-state index in [-0.39, 0.29) is 0 Å². The molecule has 0 aromatic carbocycles. The summed E-state index contributed by atoms with van der Waals surface area (Å²) in [6.45, 7) is 3.30. The summed E-state index contributed by atoms with van der Waals surface area (Å²) in [5.74, 6) is 1.25. The van der Waals surface area contributed by atoms with E-state index in [9.17, 15) is 0 Å². The summed E-state index contributed by atoms with van der Waals surface area (Å²) in [5.41, 5.74) is 9.83. The lowest BCUT2D eigenvalue weighted by molar-refractivity contribution is 0.285. The maximum absolute atomic E-state index is 5.78. The van der Waals surface area contributed by atoms with Crippen molar-refractivity contribution in [1.82, 2.24) is 24.5 Å². The number of aromatic nitrogens is 4. The number of piperidine rings is 1. The predicted octanol–water partition coefficient (Wildman–Crippen LogP) is 2.15. The Kier molecular flexibility index (Phi) is 4.46. The van der Waals surface area contributed by atoms with Crippen LogP contribution in [0.1, 0.15) is 12.8 Å². The summed E-state index contributed by atoms with van der Waals surface area (Å²) < 4.78 is 1.73. The lowest BCUT2D eigenvalue weighted by Gasteiger charge is -2.35. The molecule has 0 atom stereocenters. The molecule has 4 heterocycles. The minimum Gasteiger partial charge on any atom is -0.382 e. The number of nitrogens with zero attached hydrogens (tertiary/aromatic N) is 6. The summed E-state index contributed by atoms with van der Waals surface area (Å²) in [7, 11) is 4.30. The standard InChI is InChI=1S/C19H25N7/c1-24(2)12-14-4-7-25(8-5-14)17-3-6-21-11-16(17)15-10-22-19-9-18(20)23-26(19)13-15/h3,6,9-11,13-14H,4-5,7-8,12H2,1-2H3,(H2,20,23). The van der Waals surface area contributed by atoms with Gasteiger partial charge in [-0.25, -0.2) is 9.50 Å². The quantitative estimate of drug-likeness (QED) is 0.776. The van der Waals surface area contributed by atoms with E-state index in [0.717, 1.165) is 35.8 Å². The number of fused-ring (bicyclic) bond motifs is 1. The highest BCUT2D eigenvalue weighted by atomic mass is 15.3. The molecule has 26 heavy (non-hydrogen) atoms. The molecule has 0 amide bonds. The van der Waals surface area contributed by atoms with Crippen LogP contribution in [0, 0.1) is 5.92 Å². The van der Waals surface area contributed by atoms with E-state index in [1.807, 2.05) is 24.8 Å². The number of anilines is 2. The lowest BCUT2D eigenvalue weighted by Crippen LogP contribution is -2.37. The van der Waals surface area contributed by atoms with Crippen molar-refractivity contribution >= 4 is 17.2 Å². The van der Waals surface area contributed by atoms with Crippen LogP contribution in [0.5, 0.6) is 0 Å². The van der Waals surface area contributed by atoms with Gasteiger partial charge in [0.1, 0.15) is 5.82 Å². The largest absolute Gasteiger partial charge is 0.382 e. The van der Waals surface area contributed by atoms with Crippen LogP contribution < -0.4 is 10.6 Å². The molecule has 0 unspecified atom stereocenters. The monoisotopic (exact) mass is 351 g/mol. The molecule has 0 saturated carbocycles. The van der Waals surface area contributed by atoms with Crippen molar-refractivity contribution in [2.24, 2.45) is 5.92 Å². The molecule has 0 radical (unpaired) electrons. The SMILES string of the molecule is CN(C)CC1CCN(c2ccncc2-c2cnc3cc(N)nn3c2)CC1. The minimum absolute atomic E-state index is 0.476. The molecule has 7 nitrogen and oxygen atoms in total. The van der Waals surface area contributed by atoms with E-state index in [2.05, 4.69) is 45.0 Å². The van der Waals surface area contributed by atoms with E-state index in [0.29, 0.717) is 5.82 Å². The molecule has 1 aliphatic rings. The van der Waals surface area contributed by atoms with E-state index >= 15 is 0 Å². The van der Waals surface area contributed by atoms with Crippen LogP contribution in [0.4, 0.5) is 11.5 Å². The van der Waals surface area contributed by atoms with E-state index in [4.69, 9.17) is 5.73 Å². The van der Waals surface area contributed by atoms with Crippen molar-refractivity contribution in [2.75, 3.05) is 44.4 Å². The zero-order chi connectivity index (χ0) is 18.1. The average Bonchev–Trinajstić information content (AvgIpc) is 3.01. The number of nitrogens with two attached hydrogens (primary N) is 1. The van der Waals surface area contributed by atoms with Crippen LogP contribution in [0.25, 0.3) is 16.8 Å². The number of pyridine rings is 1. The molecule has 1 aliphatic heterocycles. The normalized spacial score (nSPS) is 15.9.